The first-order valence-corrected chi connectivity index (χ1v) is 7.28. The van der Waals surface area contributed by atoms with E-state index in [0.717, 1.165) is 12.8 Å². The molecular formula is C15H27NO. The van der Waals surface area contributed by atoms with E-state index in [9.17, 15) is 0 Å². The average molecular weight is 237 g/mol. The van der Waals surface area contributed by atoms with E-state index in [1.54, 1.807) is 0 Å². The van der Waals surface area contributed by atoms with Crippen molar-refractivity contribution in [3.8, 4) is 0 Å². The Morgan fingerprint density at radius 1 is 1.12 bits per heavy atom. The number of hydrogen-bond acceptors (Lipinski definition) is 2. The van der Waals surface area contributed by atoms with Crippen LogP contribution in [0.3, 0.4) is 0 Å². The first kappa shape index (κ1) is 13.1. The van der Waals surface area contributed by atoms with Gasteiger partial charge in [-0.05, 0) is 38.5 Å². The van der Waals surface area contributed by atoms with Gasteiger partial charge >= 0.3 is 0 Å². The van der Waals surface area contributed by atoms with Gasteiger partial charge in [-0.3, -0.25) is 0 Å². The van der Waals surface area contributed by atoms with Gasteiger partial charge in [0.15, 0.2) is 0 Å². The zero-order valence-electron chi connectivity index (χ0n) is 11.2. The van der Waals surface area contributed by atoms with Crippen LogP contribution < -0.4 is 5.73 Å². The van der Waals surface area contributed by atoms with Crippen molar-refractivity contribution < 1.29 is 4.74 Å². The Morgan fingerprint density at radius 3 is 2.53 bits per heavy atom. The Bertz CT molecular complexity index is 266. The number of allylic oxidation sites excluding steroid dienone is 1. The maximum absolute atomic E-state index is 6.53. The second kappa shape index (κ2) is 6.01. The zero-order valence-corrected chi connectivity index (χ0v) is 11.2. The maximum atomic E-state index is 6.53. The van der Waals surface area contributed by atoms with Crippen molar-refractivity contribution in [1.29, 1.82) is 0 Å². The SMILES string of the molecule is COC1(C(N)C2=CCCCCCC2)CCCC1. The van der Waals surface area contributed by atoms with E-state index in [2.05, 4.69) is 6.08 Å². The van der Waals surface area contributed by atoms with Crippen molar-refractivity contribution in [2.75, 3.05) is 7.11 Å². The summed E-state index contributed by atoms with van der Waals surface area (Å²) in [5.41, 5.74) is 7.94. The van der Waals surface area contributed by atoms with Gasteiger partial charge in [0.25, 0.3) is 0 Å². The molecular weight excluding hydrogens is 210 g/mol. The van der Waals surface area contributed by atoms with Crippen LogP contribution >= 0.6 is 0 Å². The highest BCUT2D eigenvalue weighted by Crippen LogP contribution is 2.38. The normalized spacial score (nSPS) is 27.1. The molecule has 0 saturated heterocycles. The fraction of sp³-hybridized carbons (Fsp3) is 0.867. The van der Waals surface area contributed by atoms with E-state index in [1.807, 2.05) is 7.11 Å². The Hall–Kier alpha value is -0.340. The Labute approximate surface area is 106 Å². The molecule has 98 valence electrons. The number of nitrogens with two attached hydrogens (primary N) is 1. The van der Waals surface area contributed by atoms with Crippen LogP contribution in [-0.4, -0.2) is 18.8 Å². The van der Waals surface area contributed by atoms with Crippen LogP contribution in [0.15, 0.2) is 11.6 Å². The summed E-state index contributed by atoms with van der Waals surface area (Å²) in [5.74, 6) is 0. The molecule has 2 nitrogen and oxygen atoms in total. The Kier molecular flexibility index (Phi) is 4.63. The van der Waals surface area contributed by atoms with Crippen molar-refractivity contribution in [3.63, 3.8) is 0 Å². The van der Waals surface area contributed by atoms with Gasteiger partial charge in [-0.15, -0.1) is 0 Å². The molecule has 0 radical (unpaired) electrons. The summed E-state index contributed by atoms with van der Waals surface area (Å²) >= 11 is 0. The highest BCUT2D eigenvalue weighted by Gasteiger charge is 2.40. The third-order valence-electron chi connectivity index (χ3n) is 4.65. The third-order valence-corrected chi connectivity index (χ3v) is 4.65. The summed E-state index contributed by atoms with van der Waals surface area (Å²) < 4.78 is 5.82. The van der Waals surface area contributed by atoms with Crippen LogP contribution in [0.25, 0.3) is 0 Å². The fourth-order valence-corrected chi connectivity index (χ4v) is 3.45. The molecule has 17 heavy (non-hydrogen) atoms. The second-order valence-corrected chi connectivity index (χ2v) is 5.69. The molecule has 0 bridgehead atoms. The lowest BCUT2D eigenvalue weighted by Gasteiger charge is -2.36. The van der Waals surface area contributed by atoms with E-state index in [0.29, 0.717) is 0 Å². The lowest BCUT2D eigenvalue weighted by atomic mass is 9.83. The molecule has 0 aromatic carbocycles. The topological polar surface area (TPSA) is 35.2 Å². The molecule has 1 unspecified atom stereocenters. The minimum atomic E-state index is -0.0506. The molecule has 2 aliphatic rings. The number of rotatable bonds is 3. The van der Waals surface area contributed by atoms with Gasteiger partial charge in [-0.2, -0.15) is 0 Å². The molecule has 0 heterocycles. The number of methoxy groups -OCH3 is 1. The fourth-order valence-electron chi connectivity index (χ4n) is 3.45. The molecule has 0 aromatic rings. The molecule has 2 heteroatoms. The zero-order chi connectivity index (χ0) is 12.1. The highest BCUT2D eigenvalue weighted by molar-refractivity contribution is 5.18. The minimum absolute atomic E-state index is 0.0506. The van der Waals surface area contributed by atoms with Crippen LogP contribution in [0, 0.1) is 0 Å². The van der Waals surface area contributed by atoms with Crippen molar-refractivity contribution in [2.45, 2.75) is 75.9 Å². The van der Waals surface area contributed by atoms with E-state index in [-0.39, 0.29) is 11.6 Å². The highest BCUT2D eigenvalue weighted by atomic mass is 16.5. The average Bonchev–Trinajstić information content (AvgIpc) is 2.77. The van der Waals surface area contributed by atoms with Crippen LogP contribution in [0.2, 0.25) is 0 Å². The minimum Gasteiger partial charge on any atom is -0.376 e. The second-order valence-electron chi connectivity index (χ2n) is 5.69. The number of ether oxygens (including phenoxy) is 1. The molecule has 2 rings (SSSR count). The summed E-state index contributed by atoms with van der Waals surface area (Å²) in [6, 6.07) is 0.132. The van der Waals surface area contributed by atoms with Crippen LogP contribution in [0.1, 0.15) is 64.2 Å². The lowest BCUT2D eigenvalue weighted by molar-refractivity contribution is -0.0175. The molecule has 0 aromatic heterocycles. The first-order chi connectivity index (χ1) is 8.28. The van der Waals surface area contributed by atoms with Gasteiger partial charge in [0.1, 0.15) is 0 Å². The molecule has 2 aliphatic carbocycles. The van der Waals surface area contributed by atoms with Crippen molar-refractivity contribution >= 4 is 0 Å². The summed E-state index contributed by atoms with van der Waals surface area (Å²) in [6.07, 6.45) is 15.0. The van der Waals surface area contributed by atoms with Gasteiger partial charge in [-0.1, -0.05) is 37.3 Å². The van der Waals surface area contributed by atoms with E-state index in [4.69, 9.17) is 10.5 Å². The molecule has 0 spiro atoms. The summed E-state index contributed by atoms with van der Waals surface area (Å²) in [6.45, 7) is 0. The standard InChI is InChI=1S/C15H27NO/c1-17-15(11-7-8-12-15)14(16)13-9-5-3-2-4-6-10-13/h9,14H,2-8,10-12,16H2,1H3. The van der Waals surface area contributed by atoms with Gasteiger partial charge in [0.05, 0.1) is 11.6 Å². The number of hydrogen-bond donors (Lipinski definition) is 1. The smallest absolute Gasteiger partial charge is 0.0867 e. The monoisotopic (exact) mass is 237 g/mol. The largest absolute Gasteiger partial charge is 0.376 e. The van der Waals surface area contributed by atoms with Crippen molar-refractivity contribution in [2.24, 2.45) is 5.73 Å². The Balaban J connectivity index is 2.08. The molecule has 1 atom stereocenters. The maximum Gasteiger partial charge on any atom is 0.0867 e. The summed E-state index contributed by atoms with van der Waals surface area (Å²) in [7, 11) is 1.84. The molecule has 2 N–H and O–H groups in total. The van der Waals surface area contributed by atoms with Gasteiger partial charge in [-0.25, -0.2) is 0 Å². The third kappa shape index (κ3) is 2.92. The molecule has 1 fully saturated rings. The van der Waals surface area contributed by atoms with Gasteiger partial charge < -0.3 is 10.5 Å². The van der Waals surface area contributed by atoms with Crippen LogP contribution in [0.5, 0.6) is 0 Å². The van der Waals surface area contributed by atoms with E-state index < -0.39 is 0 Å². The van der Waals surface area contributed by atoms with Crippen LogP contribution in [0.4, 0.5) is 0 Å². The first-order valence-electron chi connectivity index (χ1n) is 7.28. The molecule has 0 aliphatic heterocycles. The van der Waals surface area contributed by atoms with Crippen molar-refractivity contribution in [3.05, 3.63) is 11.6 Å². The molecule has 1 saturated carbocycles. The lowest BCUT2D eigenvalue weighted by Crippen LogP contribution is -2.48. The predicted octanol–water partition coefficient (Wildman–Crippen LogP) is 3.55. The van der Waals surface area contributed by atoms with E-state index >= 15 is 0 Å². The predicted molar refractivity (Wildman–Crippen MR) is 72.0 cm³/mol. The summed E-state index contributed by atoms with van der Waals surface area (Å²) in [5, 5.41) is 0. The van der Waals surface area contributed by atoms with Crippen LogP contribution in [-0.2, 0) is 4.74 Å². The Morgan fingerprint density at radius 2 is 1.82 bits per heavy atom. The quantitative estimate of drug-likeness (QED) is 0.762. The van der Waals surface area contributed by atoms with Crippen molar-refractivity contribution in [1.82, 2.24) is 0 Å². The van der Waals surface area contributed by atoms with Gasteiger partial charge in [0, 0.05) is 7.11 Å². The van der Waals surface area contributed by atoms with E-state index in [1.165, 1.54) is 56.9 Å². The van der Waals surface area contributed by atoms with Gasteiger partial charge in [0.2, 0.25) is 0 Å². The molecule has 0 amide bonds. The summed E-state index contributed by atoms with van der Waals surface area (Å²) in [4.78, 5) is 0.